The second-order valence-electron chi connectivity index (χ2n) is 7.21. The number of nitrogens with zero attached hydrogens (tertiary/aromatic N) is 3. The molecule has 0 aromatic heterocycles. The topological polar surface area (TPSA) is 63.6 Å². The monoisotopic (exact) mass is 457 g/mol. The molecule has 0 radical (unpaired) electrons. The Morgan fingerprint density at radius 1 is 0.906 bits per heavy atom. The van der Waals surface area contributed by atoms with Crippen molar-refractivity contribution in [2.45, 2.75) is 0 Å². The van der Waals surface area contributed by atoms with E-state index in [0.717, 1.165) is 31.9 Å². The predicted octanol–water partition coefficient (Wildman–Crippen LogP) is 3.64. The summed E-state index contributed by atoms with van der Waals surface area (Å²) in [6.07, 6.45) is 1.76. The molecule has 0 unspecified atom stereocenters. The SMILES string of the molecule is COc1cc(OC)c(OC)cc1/C=C1\SC(N2CCN(c3ccc(F)cc3)CC2)=NC1=O. The molecule has 4 rings (SSSR count). The van der Waals surface area contributed by atoms with Crippen molar-refractivity contribution >= 4 is 34.6 Å². The van der Waals surface area contributed by atoms with Crippen LogP contribution >= 0.6 is 11.8 Å². The molecule has 9 heteroatoms. The minimum atomic E-state index is -0.275. The number of aliphatic imine (C=N–C) groups is 1. The Labute approximate surface area is 190 Å². The van der Waals surface area contributed by atoms with Gasteiger partial charge >= 0.3 is 0 Å². The van der Waals surface area contributed by atoms with Crippen molar-refractivity contribution in [2.75, 3.05) is 52.4 Å². The summed E-state index contributed by atoms with van der Waals surface area (Å²) in [6.45, 7) is 2.98. The van der Waals surface area contributed by atoms with Gasteiger partial charge in [0.15, 0.2) is 16.7 Å². The van der Waals surface area contributed by atoms with Gasteiger partial charge in [0, 0.05) is 43.5 Å². The number of carbonyl (C=O) groups is 1. The van der Waals surface area contributed by atoms with Gasteiger partial charge in [0.2, 0.25) is 0 Å². The number of halogens is 1. The maximum atomic E-state index is 13.2. The number of hydrogen-bond acceptors (Lipinski definition) is 7. The van der Waals surface area contributed by atoms with Gasteiger partial charge in [-0.3, -0.25) is 4.79 Å². The summed E-state index contributed by atoms with van der Waals surface area (Å²) in [4.78, 5) is 21.7. The molecule has 7 nitrogen and oxygen atoms in total. The normalized spacial score (nSPS) is 17.6. The van der Waals surface area contributed by atoms with Crippen LogP contribution in [0.15, 0.2) is 46.3 Å². The van der Waals surface area contributed by atoms with Crippen LogP contribution in [0.25, 0.3) is 6.08 Å². The first-order chi connectivity index (χ1) is 15.5. The van der Waals surface area contributed by atoms with Gasteiger partial charge in [0.25, 0.3) is 5.91 Å². The number of anilines is 1. The van der Waals surface area contributed by atoms with Crippen molar-refractivity contribution < 1.29 is 23.4 Å². The van der Waals surface area contributed by atoms with E-state index in [1.54, 1.807) is 51.7 Å². The van der Waals surface area contributed by atoms with Crippen molar-refractivity contribution in [1.29, 1.82) is 0 Å². The Balaban J connectivity index is 1.46. The van der Waals surface area contributed by atoms with Gasteiger partial charge in [-0.1, -0.05) is 0 Å². The van der Waals surface area contributed by atoms with Crippen molar-refractivity contribution in [1.82, 2.24) is 4.90 Å². The second-order valence-corrected chi connectivity index (χ2v) is 8.22. The molecule has 32 heavy (non-hydrogen) atoms. The van der Waals surface area contributed by atoms with E-state index < -0.39 is 0 Å². The number of thioether (sulfide) groups is 1. The zero-order chi connectivity index (χ0) is 22.7. The number of hydrogen-bond donors (Lipinski definition) is 0. The molecule has 0 bridgehead atoms. The number of carbonyl (C=O) groups excluding carboxylic acids is 1. The summed E-state index contributed by atoms with van der Waals surface area (Å²) in [6, 6.07) is 10.0. The van der Waals surface area contributed by atoms with E-state index in [0.29, 0.717) is 32.9 Å². The lowest BCUT2D eigenvalue weighted by Gasteiger charge is -2.36. The first-order valence-corrected chi connectivity index (χ1v) is 10.9. The molecule has 168 valence electrons. The maximum Gasteiger partial charge on any atom is 0.286 e. The van der Waals surface area contributed by atoms with E-state index in [1.165, 1.54) is 23.9 Å². The van der Waals surface area contributed by atoms with Gasteiger partial charge in [-0.05, 0) is 48.2 Å². The van der Waals surface area contributed by atoms with Crippen LogP contribution in [-0.4, -0.2) is 63.5 Å². The molecule has 1 saturated heterocycles. The molecule has 0 spiro atoms. The molecular formula is C23H24FN3O4S. The van der Waals surface area contributed by atoms with E-state index in [1.807, 2.05) is 0 Å². The quantitative estimate of drug-likeness (QED) is 0.635. The highest BCUT2D eigenvalue weighted by molar-refractivity contribution is 8.18. The first kappa shape index (κ1) is 22.0. The Morgan fingerprint density at radius 2 is 1.50 bits per heavy atom. The van der Waals surface area contributed by atoms with Crippen molar-refractivity contribution in [3.63, 3.8) is 0 Å². The van der Waals surface area contributed by atoms with E-state index >= 15 is 0 Å². The lowest BCUT2D eigenvalue weighted by molar-refractivity contribution is -0.113. The molecule has 1 fully saturated rings. The largest absolute Gasteiger partial charge is 0.496 e. The first-order valence-electron chi connectivity index (χ1n) is 10.1. The van der Waals surface area contributed by atoms with Crippen LogP contribution in [0, 0.1) is 5.82 Å². The fraction of sp³-hybridized carbons (Fsp3) is 0.304. The third kappa shape index (κ3) is 4.52. The Hall–Kier alpha value is -3.20. The fourth-order valence-electron chi connectivity index (χ4n) is 3.65. The third-order valence-electron chi connectivity index (χ3n) is 5.37. The maximum absolute atomic E-state index is 13.2. The number of ether oxygens (including phenoxy) is 3. The molecule has 1 amide bonds. The van der Waals surface area contributed by atoms with Crippen LogP contribution in [0.4, 0.5) is 10.1 Å². The van der Waals surface area contributed by atoms with Crippen LogP contribution in [0.5, 0.6) is 17.2 Å². The Kier molecular flexibility index (Phi) is 6.55. The van der Waals surface area contributed by atoms with Crippen LogP contribution in [-0.2, 0) is 4.79 Å². The van der Waals surface area contributed by atoms with Crippen LogP contribution in [0.1, 0.15) is 5.56 Å². The average molecular weight is 458 g/mol. The Bertz CT molecular complexity index is 1060. The van der Waals surface area contributed by atoms with Crippen molar-refractivity contribution in [3.05, 3.63) is 52.7 Å². The van der Waals surface area contributed by atoms with Gasteiger partial charge in [0.1, 0.15) is 11.6 Å². The fourth-order valence-corrected chi connectivity index (χ4v) is 4.60. The van der Waals surface area contributed by atoms with Crippen molar-refractivity contribution in [3.8, 4) is 17.2 Å². The number of amides is 1. The molecule has 0 saturated carbocycles. The van der Waals surface area contributed by atoms with Gasteiger partial charge in [-0.25, -0.2) is 4.39 Å². The molecule has 0 N–H and O–H groups in total. The summed E-state index contributed by atoms with van der Waals surface area (Å²) in [5.41, 5.74) is 1.70. The smallest absolute Gasteiger partial charge is 0.286 e. The second kappa shape index (κ2) is 9.52. The predicted molar refractivity (Wildman–Crippen MR) is 124 cm³/mol. The highest BCUT2D eigenvalue weighted by Gasteiger charge is 2.29. The lowest BCUT2D eigenvalue weighted by Crippen LogP contribution is -2.47. The summed E-state index contributed by atoms with van der Waals surface area (Å²) >= 11 is 1.35. The third-order valence-corrected chi connectivity index (χ3v) is 6.42. The van der Waals surface area contributed by atoms with E-state index in [4.69, 9.17) is 14.2 Å². The lowest BCUT2D eigenvalue weighted by atomic mass is 10.1. The number of methoxy groups -OCH3 is 3. The molecule has 0 aliphatic carbocycles. The molecule has 2 aliphatic heterocycles. The van der Waals surface area contributed by atoms with Crippen molar-refractivity contribution in [2.24, 2.45) is 4.99 Å². The minimum absolute atomic E-state index is 0.243. The Morgan fingerprint density at radius 3 is 2.12 bits per heavy atom. The molecule has 2 aromatic rings. The summed E-state index contributed by atoms with van der Waals surface area (Å²) in [7, 11) is 4.68. The number of piperazine rings is 1. The van der Waals surface area contributed by atoms with Gasteiger partial charge in [-0.2, -0.15) is 4.99 Å². The highest BCUT2D eigenvalue weighted by Crippen LogP contribution is 2.38. The average Bonchev–Trinajstić information content (AvgIpc) is 3.19. The summed E-state index contributed by atoms with van der Waals surface area (Å²) in [5.74, 6) is 1.15. The van der Waals surface area contributed by atoms with Gasteiger partial charge in [-0.15, -0.1) is 0 Å². The number of rotatable bonds is 5. The molecular weight excluding hydrogens is 433 g/mol. The zero-order valence-electron chi connectivity index (χ0n) is 18.1. The molecule has 2 aromatic carbocycles. The molecule has 0 atom stereocenters. The zero-order valence-corrected chi connectivity index (χ0v) is 18.9. The molecule has 2 aliphatic rings. The summed E-state index contributed by atoms with van der Waals surface area (Å²) in [5, 5.41) is 0.694. The van der Waals surface area contributed by atoms with E-state index in [2.05, 4.69) is 14.8 Å². The van der Waals surface area contributed by atoms with Gasteiger partial charge in [0.05, 0.1) is 26.2 Å². The van der Waals surface area contributed by atoms with E-state index in [-0.39, 0.29) is 11.7 Å². The summed E-state index contributed by atoms with van der Waals surface area (Å²) < 4.78 is 29.3. The van der Waals surface area contributed by atoms with Gasteiger partial charge < -0.3 is 24.0 Å². The van der Waals surface area contributed by atoms with Crippen LogP contribution in [0.2, 0.25) is 0 Å². The standard InChI is InChI=1S/C23H24FN3O4S/c1-29-18-14-20(31-3)19(30-2)12-15(18)13-21-22(28)25-23(32-21)27-10-8-26(9-11-27)17-6-4-16(24)5-7-17/h4-7,12-14H,8-11H2,1-3H3/b21-13-. The highest BCUT2D eigenvalue weighted by atomic mass is 32.2. The van der Waals surface area contributed by atoms with E-state index in [9.17, 15) is 9.18 Å². The number of benzene rings is 2. The van der Waals surface area contributed by atoms with Crippen LogP contribution < -0.4 is 19.1 Å². The number of amidine groups is 1. The minimum Gasteiger partial charge on any atom is -0.496 e. The van der Waals surface area contributed by atoms with Crippen LogP contribution in [0.3, 0.4) is 0 Å². The molecule has 2 heterocycles.